The quantitative estimate of drug-likeness (QED) is 0.126. The van der Waals surface area contributed by atoms with E-state index in [0.29, 0.717) is 0 Å². The molecule has 3 aromatic rings. The fourth-order valence-electron chi connectivity index (χ4n) is 6.10. The number of benzene rings is 3. The normalized spacial score (nSPS) is 12.6. The Labute approximate surface area is 249 Å². The summed E-state index contributed by atoms with van der Waals surface area (Å²) in [4.78, 5) is 13.6. The molecule has 0 aliphatic heterocycles. The van der Waals surface area contributed by atoms with Crippen molar-refractivity contribution in [3.63, 3.8) is 0 Å². The molecule has 3 aromatic carbocycles. The SMILES string of the molecule is CCCCCCCC/C=C\CCCCCC(c1ccc(C)cc1)C(C(=O)O)(c1ccc(C)cc1)c1ccc(C)cc1. The van der Waals surface area contributed by atoms with Crippen molar-refractivity contribution in [1.29, 1.82) is 0 Å². The lowest BCUT2D eigenvalue weighted by Gasteiger charge is -2.39. The van der Waals surface area contributed by atoms with E-state index in [0.717, 1.165) is 59.9 Å². The van der Waals surface area contributed by atoms with Gasteiger partial charge in [-0.3, -0.25) is 4.79 Å². The molecule has 41 heavy (non-hydrogen) atoms. The summed E-state index contributed by atoms with van der Waals surface area (Å²) < 4.78 is 0. The molecule has 0 heterocycles. The maximum Gasteiger partial charge on any atom is 0.319 e. The smallest absolute Gasteiger partial charge is 0.319 e. The van der Waals surface area contributed by atoms with E-state index in [9.17, 15) is 9.90 Å². The monoisotopic (exact) mass is 552 g/mol. The number of aliphatic carboxylic acids is 1. The Balaban J connectivity index is 1.79. The highest BCUT2D eigenvalue weighted by Gasteiger charge is 2.49. The molecule has 0 aliphatic rings. The summed E-state index contributed by atoms with van der Waals surface area (Å²) in [7, 11) is 0. The van der Waals surface area contributed by atoms with E-state index in [1.54, 1.807) is 0 Å². The minimum Gasteiger partial charge on any atom is -0.480 e. The third-order valence-electron chi connectivity index (χ3n) is 8.61. The van der Waals surface area contributed by atoms with Gasteiger partial charge in [-0.15, -0.1) is 0 Å². The lowest BCUT2D eigenvalue weighted by Crippen LogP contribution is -2.43. The van der Waals surface area contributed by atoms with Crippen molar-refractivity contribution < 1.29 is 9.90 Å². The van der Waals surface area contributed by atoms with Crippen molar-refractivity contribution in [2.75, 3.05) is 0 Å². The van der Waals surface area contributed by atoms with Gasteiger partial charge in [-0.05, 0) is 69.6 Å². The Morgan fingerprint density at radius 2 is 1.05 bits per heavy atom. The van der Waals surface area contributed by atoms with E-state index < -0.39 is 11.4 Å². The highest BCUT2D eigenvalue weighted by atomic mass is 16.4. The molecule has 2 nitrogen and oxygen atoms in total. The van der Waals surface area contributed by atoms with Gasteiger partial charge in [0.05, 0.1) is 0 Å². The summed E-state index contributed by atoms with van der Waals surface area (Å²) in [5, 5.41) is 11.2. The Hall–Kier alpha value is -3.13. The van der Waals surface area contributed by atoms with Crippen LogP contribution in [0.4, 0.5) is 0 Å². The number of rotatable bonds is 18. The molecule has 0 spiro atoms. The summed E-state index contributed by atoms with van der Waals surface area (Å²) in [6.07, 6.45) is 19.1. The number of hydrogen-bond acceptors (Lipinski definition) is 1. The molecule has 1 N–H and O–H groups in total. The maximum absolute atomic E-state index is 13.6. The molecule has 0 amide bonds. The first-order valence-electron chi connectivity index (χ1n) is 16.0. The second-order valence-electron chi connectivity index (χ2n) is 12.0. The van der Waals surface area contributed by atoms with Gasteiger partial charge in [0.2, 0.25) is 0 Å². The molecule has 3 rings (SSSR count). The van der Waals surface area contributed by atoms with Crippen molar-refractivity contribution >= 4 is 5.97 Å². The molecule has 0 aliphatic carbocycles. The molecule has 2 heteroatoms. The molecule has 0 saturated carbocycles. The van der Waals surface area contributed by atoms with Crippen molar-refractivity contribution in [1.82, 2.24) is 0 Å². The Morgan fingerprint density at radius 1 is 0.634 bits per heavy atom. The van der Waals surface area contributed by atoms with E-state index in [4.69, 9.17) is 0 Å². The first-order chi connectivity index (χ1) is 19.9. The molecular weight excluding hydrogens is 500 g/mol. The second-order valence-corrected chi connectivity index (χ2v) is 12.0. The molecule has 1 unspecified atom stereocenters. The highest BCUT2D eigenvalue weighted by Crippen LogP contribution is 2.48. The molecule has 0 radical (unpaired) electrons. The van der Waals surface area contributed by atoms with Crippen LogP contribution in [0.2, 0.25) is 0 Å². The third kappa shape index (κ3) is 9.18. The van der Waals surface area contributed by atoms with Crippen LogP contribution < -0.4 is 0 Å². The van der Waals surface area contributed by atoms with Gasteiger partial charge in [-0.25, -0.2) is 0 Å². The zero-order valence-corrected chi connectivity index (χ0v) is 26.0. The molecule has 0 bridgehead atoms. The number of unbranched alkanes of at least 4 members (excludes halogenated alkanes) is 9. The fraction of sp³-hybridized carbons (Fsp3) is 0.462. The van der Waals surface area contributed by atoms with Crippen LogP contribution in [0.3, 0.4) is 0 Å². The van der Waals surface area contributed by atoms with Gasteiger partial charge in [0.15, 0.2) is 0 Å². The van der Waals surface area contributed by atoms with E-state index in [1.807, 2.05) is 48.5 Å². The van der Waals surface area contributed by atoms with Crippen molar-refractivity contribution in [3.05, 3.63) is 118 Å². The number of carboxylic acid groups (broad SMARTS) is 1. The first-order valence-corrected chi connectivity index (χ1v) is 16.0. The standard InChI is InChI=1S/C39H52O2/c1-5-6-7-8-9-10-11-12-13-14-15-16-17-18-37(34-25-19-31(2)20-26-34)39(38(40)41,35-27-21-32(3)22-28-35)36-29-23-33(4)24-30-36/h12-13,19-30,37H,5-11,14-18H2,1-4H3,(H,40,41)/b13-12-. The predicted octanol–water partition coefficient (Wildman–Crippen LogP) is 11.0. The summed E-state index contributed by atoms with van der Waals surface area (Å²) in [5.41, 5.74) is 5.07. The highest BCUT2D eigenvalue weighted by molar-refractivity contribution is 5.88. The number of allylic oxidation sites excluding steroid dienone is 2. The van der Waals surface area contributed by atoms with E-state index >= 15 is 0 Å². The van der Waals surface area contributed by atoms with Gasteiger partial charge in [-0.1, -0.05) is 154 Å². The Bertz CT molecular complexity index is 1140. The number of aryl methyl sites for hydroxylation is 3. The summed E-state index contributed by atoms with van der Waals surface area (Å²) >= 11 is 0. The van der Waals surface area contributed by atoms with Crippen LogP contribution in [0.1, 0.15) is 123 Å². The van der Waals surface area contributed by atoms with E-state index in [1.165, 1.54) is 50.5 Å². The van der Waals surface area contributed by atoms with E-state index in [-0.39, 0.29) is 5.92 Å². The van der Waals surface area contributed by atoms with Crippen LogP contribution in [0.15, 0.2) is 84.9 Å². The molecule has 0 aromatic heterocycles. The molecule has 220 valence electrons. The van der Waals surface area contributed by atoms with Gasteiger partial charge in [0, 0.05) is 5.92 Å². The topological polar surface area (TPSA) is 37.3 Å². The Kier molecular flexibility index (Phi) is 13.4. The minimum atomic E-state index is -1.17. The minimum absolute atomic E-state index is 0.186. The van der Waals surface area contributed by atoms with Gasteiger partial charge in [0.1, 0.15) is 5.41 Å². The summed E-state index contributed by atoms with van der Waals surface area (Å²) in [6.45, 7) is 8.46. The number of carboxylic acids is 1. The lowest BCUT2D eigenvalue weighted by molar-refractivity contribution is -0.143. The first kappa shape index (κ1) is 32.4. The molecule has 0 fully saturated rings. The summed E-state index contributed by atoms with van der Waals surface area (Å²) in [6, 6.07) is 24.8. The van der Waals surface area contributed by atoms with Crippen LogP contribution in [-0.2, 0) is 10.2 Å². The third-order valence-corrected chi connectivity index (χ3v) is 8.61. The number of hydrogen-bond donors (Lipinski definition) is 1. The average molecular weight is 553 g/mol. The predicted molar refractivity (Wildman–Crippen MR) is 175 cm³/mol. The van der Waals surface area contributed by atoms with Crippen molar-refractivity contribution in [2.24, 2.45) is 0 Å². The van der Waals surface area contributed by atoms with Gasteiger partial charge in [-0.2, -0.15) is 0 Å². The molecule has 1 atom stereocenters. The van der Waals surface area contributed by atoms with Crippen molar-refractivity contribution in [2.45, 2.75) is 116 Å². The molecular formula is C39H52O2. The van der Waals surface area contributed by atoms with Crippen LogP contribution in [0.25, 0.3) is 0 Å². The second kappa shape index (κ2) is 17.0. The zero-order valence-electron chi connectivity index (χ0n) is 26.0. The lowest BCUT2D eigenvalue weighted by atomic mass is 9.62. The van der Waals surface area contributed by atoms with Crippen molar-refractivity contribution in [3.8, 4) is 0 Å². The van der Waals surface area contributed by atoms with E-state index in [2.05, 4.69) is 64.1 Å². The summed E-state index contributed by atoms with van der Waals surface area (Å²) in [5.74, 6) is -0.970. The number of carbonyl (C=O) groups is 1. The van der Waals surface area contributed by atoms with Crippen LogP contribution in [0, 0.1) is 20.8 Å². The van der Waals surface area contributed by atoms with Gasteiger partial charge < -0.3 is 5.11 Å². The zero-order chi connectivity index (χ0) is 29.5. The largest absolute Gasteiger partial charge is 0.480 e. The fourth-order valence-corrected chi connectivity index (χ4v) is 6.10. The average Bonchev–Trinajstić information content (AvgIpc) is 2.97. The van der Waals surface area contributed by atoms with Crippen LogP contribution in [-0.4, -0.2) is 11.1 Å². The van der Waals surface area contributed by atoms with Crippen LogP contribution in [0.5, 0.6) is 0 Å². The Morgan fingerprint density at radius 3 is 1.51 bits per heavy atom. The molecule has 0 saturated heterocycles. The van der Waals surface area contributed by atoms with Gasteiger partial charge in [0.25, 0.3) is 0 Å². The van der Waals surface area contributed by atoms with Gasteiger partial charge >= 0.3 is 5.97 Å². The maximum atomic E-state index is 13.6. The van der Waals surface area contributed by atoms with Crippen LogP contribution >= 0.6 is 0 Å².